The third kappa shape index (κ3) is 2.87. The molecule has 1 rings (SSSR count). The molecule has 0 spiro atoms. The van der Waals surface area contributed by atoms with Gasteiger partial charge in [0.25, 0.3) is 0 Å². The van der Waals surface area contributed by atoms with Gasteiger partial charge >= 0.3 is 5.97 Å². The Bertz CT molecular complexity index is 423. The van der Waals surface area contributed by atoms with E-state index in [-0.39, 0.29) is 16.5 Å². The van der Waals surface area contributed by atoms with Crippen LogP contribution in [0.1, 0.15) is 15.9 Å². The Balaban J connectivity index is 3.12. The molecule has 0 aromatic heterocycles. The van der Waals surface area contributed by atoms with Gasteiger partial charge in [0.15, 0.2) is 0 Å². The number of nitrogens with one attached hydrogen (secondary N) is 1. The summed E-state index contributed by atoms with van der Waals surface area (Å²) in [5.74, 6) is -1.65. The molecule has 1 aromatic rings. The first-order chi connectivity index (χ1) is 7.45. The molecule has 0 radical (unpaired) electrons. The molecule has 2 N–H and O–H groups in total. The predicted octanol–water partition coefficient (Wildman–Crippen LogP) is 2.52. The van der Waals surface area contributed by atoms with Crippen molar-refractivity contribution in [3.05, 3.63) is 28.3 Å². The van der Waals surface area contributed by atoms with Crippen LogP contribution in [0.3, 0.4) is 0 Å². The minimum absolute atomic E-state index is 0.0753. The Kier molecular flexibility index (Phi) is 4.15. The highest BCUT2D eigenvalue weighted by molar-refractivity contribution is 6.35. The number of rotatable bonds is 3. The summed E-state index contributed by atoms with van der Waals surface area (Å²) in [4.78, 5) is 21.8. The molecule has 0 fully saturated rings. The molecule has 0 unspecified atom stereocenters. The number of carboxylic acids is 1. The number of carbonyl (C=O) groups excluding carboxylic acids is 1. The van der Waals surface area contributed by atoms with Crippen LogP contribution in [0.15, 0.2) is 12.1 Å². The summed E-state index contributed by atoms with van der Waals surface area (Å²) in [6.45, 7) is 1.65. The number of aryl methyl sites for hydroxylation is 1. The topological polar surface area (TPSA) is 66.4 Å². The molecule has 0 aliphatic heterocycles. The van der Waals surface area contributed by atoms with Gasteiger partial charge < -0.3 is 10.4 Å². The number of amides is 1. The van der Waals surface area contributed by atoms with E-state index in [0.717, 1.165) is 0 Å². The van der Waals surface area contributed by atoms with Crippen molar-refractivity contribution in [3.8, 4) is 0 Å². The van der Waals surface area contributed by atoms with Crippen molar-refractivity contribution >= 4 is 40.8 Å². The molecule has 0 bridgehead atoms. The fourth-order valence-electron chi connectivity index (χ4n) is 1.20. The van der Waals surface area contributed by atoms with Crippen molar-refractivity contribution in [1.82, 2.24) is 0 Å². The van der Waals surface area contributed by atoms with E-state index in [4.69, 9.17) is 28.3 Å². The maximum absolute atomic E-state index is 11.1. The summed E-state index contributed by atoms with van der Waals surface area (Å²) >= 11 is 11.2. The van der Waals surface area contributed by atoms with Crippen molar-refractivity contribution in [2.75, 3.05) is 11.2 Å². The molecule has 0 saturated carbocycles. The third-order valence-electron chi connectivity index (χ3n) is 1.92. The number of carbonyl (C=O) groups is 2. The molecular weight excluding hydrogens is 253 g/mol. The van der Waals surface area contributed by atoms with Crippen molar-refractivity contribution in [3.63, 3.8) is 0 Å². The van der Waals surface area contributed by atoms with Gasteiger partial charge in [-0.15, -0.1) is 11.6 Å². The second kappa shape index (κ2) is 5.18. The Labute approximate surface area is 102 Å². The SMILES string of the molecule is Cc1cc(C(=O)O)cc(Cl)c1NC(=O)CCl. The van der Waals surface area contributed by atoms with Gasteiger partial charge in [0.2, 0.25) is 5.91 Å². The van der Waals surface area contributed by atoms with Gasteiger partial charge in [-0.05, 0) is 24.6 Å². The predicted molar refractivity (Wildman–Crippen MR) is 62.5 cm³/mol. The van der Waals surface area contributed by atoms with Gasteiger partial charge in [0.05, 0.1) is 16.3 Å². The average Bonchev–Trinajstić information content (AvgIpc) is 2.22. The molecule has 1 amide bonds. The number of aromatic carboxylic acids is 1. The standard InChI is InChI=1S/C10H9Cl2NO3/c1-5-2-6(10(15)16)3-7(12)9(5)13-8(14)4-11/h2-3H,4H2,1H3,(H,13,14)(H,15,16). The minimum atomic E-state index is -1.07. The maximum Gasteiger partial charge on any atom is 0.335 e. The van der Waals surface area contributed by atoms with Crippen LogP contribution in [0.5, 0.6) is 0 Å². The summed E-state index contributed by atoms with van der Waals surface area (Å²) in [7, 11) is 0. The molecule has 0 aliphatic rings. The number of anilines is 1. The Morgan fingerprint density at radius 3 is 2.50 bits per heavy atom. The van der Waals surface area contributed by atoms with Crippen molar-refractivity contribution in [2.24, 2.45) is 0 Å². The molecule has 0 aliphatic carbocycles. The lowest BCUT2D eigenvalue weighted by Gasteiger charge is -2.10. The molecule has 0 saturated heterocycles. The number of carboxylic acid groups (broad SMARTS) is 1. The van der Waals surface area contributed by atoms with Crippen molar-refractivity contribution < 1.29 is 14.7 Å². The normalized spacial score (nSPS) is 9.94. The van der Waals surface area contributed by atoms with Crippen molar-refractivity contribution in [1.29, 1.82) is 0 Å². The van der Waals surface area contributed by atoms with Crippen LogP contribution >= 0.6 is 23.2 Å². The van der Waals surface area contributed by atoms with E-state index in [1.54, 1.807) is 6.92 Å². The fraction of sp³-hybridized carbons (Fsp3) is 0.200. The summed E-state index contributed by atoms with van der Waals surface area (Å²) in [5.41, 5.74) is 1.03. The monoisotopic (exact) mass is 261 g/mol. The Morgan fingerprint density at radius 2 is 2.06 bits per heavy atom. The van der Waals surface area contributed by atoms with Crippen LogP contribution < -0.4 is 5.32 Å². The quantitative estimate of drug-likeness (QED) is 0.822. The first-order valence-electron chi connectivity index (χ1n) is 4.35. The van der Waals surface area contributed by atoms with Gasteiger partial charge in [-0.3, -0.25) is 4.79 Å². The number of benzene rings is 1. The van der Waals surface area contributed by atoms with Crippen molar-refractivity contribution in [2.45, 2.75) is 6.92 Å². The highest BCUT2D eigenvalue weighted by atomic mass is 35.5. The van der Waals surface area contributed by atoms with E-state index in [2.05, 4.69) is 5.32 Å². The second-order valence-electron chi connectivity index (χ2n) is 3.14. The summed E-state index contributed by atoms with van der Waals surface area (Å²) in [5, 5.41) is 11.5. The van der Waals surface area contributed by atoms with Crippen LogP contribution in [0, 0.1) is 6.92 Å². The highest BCUT2D eigenvalue weighted by Gasteiger charge is 2.12. The zero-order valence-electron chi connectivity index (χ0n) is 8.38. The highest BCUT2D eigenvalue weighted by Crippen LogP contribution is 2.27. The van der Waals surface area contributed by atoms with E-state index in [1.807, 2.05) is 0 Å². The molecule has 4 nitrogen and oxygen atoms in total. The molecule has 1 aromatic carbocycles. The molecule has 0 heterocycles. The average molecular weight is 262 g/mol. The maximum atomic E-state index is 11.1. The smallest absolute Gasteiger partial charge is 0.335 e. The lowest BCUT2D eigenvalue weighted by Crippen LogP contribution is -2.14. The summed E-state index contributed by atoms with van der Waals surface area (Å²) in [6.07, 6.45) is 0. The third-order valence-corrected chi connectivity index (χ3v) is 2.46. The number of hydrogen-bond acceptors (Lipinski definition) is 2. The van der Waals surface area contributed by atoms with Gasteiger partial charge in [-0.1, -0.05) is 11.6 Å². The number of hydrogen-bond donors (Lipinski definition) is 2. The van der Waals surface area contributed by atoms with Crippen LogP contribution in [-0.2, 0) is 4.79 Å². The zero-order valence-corrected chi connectivity index (χ0v) is 9.89. The zero-order chi connectivity index (χ0) is 12.3. The van der Waals surface area contributed by atoms with E-state index in [1.165, 1.54) is 12.1 Å². The fourth-order valence-corrected chi connectivity index (χ4v) is 1.58. The Hall–Kier alpha value is -1.26. The van der Waals surface area contributed by atoms with E-state index < -0.39 is 11.9 Å². The molecular formula is C10H9Cl2NO3. The molecule has 6 heteroatoms. The van der Waals surface area contributed by atoms with Gasteiger partial charge in [0, 0.05) is 0 Å². The van der Waals surface area contributed by atoms with Crippen LogP contribution in [-0.4, -0.2) is 22.9 Å². The number of alkyl halides is 1. The molecule has 16 heavy (non-hydrogen) atoms. The minimum Gasteiger partial charge on any atom is -0.478 e. The number of halogens is 2. The summed E-state index contributed by atoms with van der Waals surface area (Å²) < 4.78 is 0. The largest absolute Gasteiger partial charge is 0.478 e. The van der Waals surface area contributed by atoms with E-state index >= 15 is 0 Å². The van der Waals surface area contributed by atoms with Crippen LogP contribution in [0.2, 0.25) is 5.02 Å². The van der Waals surface area contributed by atoms with E-state index in [9.17, 15) is 9.59 Å². The first-order valence-corrected chi connectivity index (χ1v) is 5.26. The summed E-state index contributed by atoms with van der Waals surface area (Å²) in [6, 6.07) is 2.71. The first kappa shape index (κ1) is 12.8. The van der Waals surface area contributed by atoms with Gasteiger partial charge in [0.1, 0.15) is 5.88 Å². The lowest BCUT2D eigenvalue weighted by molar-refractivity contribution is -0.113. The van der Waals surface area contributed by atoms with E-state index in [0.29, 0.717) is 11.3 Å². The molecule has 86 valence electrons. The van der Waals surface area contributed by atoms with Gasteiger partial charge in [-0.25, -0.2) is 4.79 Å². The van der Waals surface area contributed by atoms with Crippen LogP contribution in [0.25, 0.3) is 0 Å². The second-order valence-corrected chi connectivity index (χ2v) is 3.81. The van der Waals surface area contributed by atoms with Gasteiger partial charge in [-0.2, -0.15) is 0 Å². The lowest BCUT2D eigenvalue weighted by atomic mass is 10.1. The molecule has 0 atom stereocenters. The Morgan fingerprint density at radius 1 is 1.44 bits per heavy atom. The van der Waals surface area contributed by atoms with Crippen LogP contribution in [0.4, 0.5) is 5.69 Å².